The highest BCUT2D eigenvalue weighted by molar-refractivity contribution is 6.31. The van der Waals surface area contributed by atoms with E-state index in [2.05, 4.69) is 0 Å². The van der Waals surface area contributed by atoms with Crippen molar-refractivity contribution in [3.8, 4) is 11.5 Å². The minimum absolute atomic E-state index is 0.119. The Bertz CT molecular complexity index is 937. The second-order valence-electron chi connectivity index (χ2n) is 7.09. The normalized spacial score (nSPS) is 28.3. The molecule has 0 amide bonds. The van der Waals surface area contributed by atoms with Crippen molar-refractivity contribution in [2.45, 2.75) is 43.9 Å². The van der Waals surface area contributed by atoms with Crippen LogP contribution in [0.15, 0.2) is 36.4 Å². The zero-order chi connectivity index (χ0) is 24.3. The van der Waals surface area contributed by atoms with Gasteiger partial charge in [0.15, 0.2) is 0 Å². The first-order valence-electron chi connectivity index (χ1n) is 11.1. The van der Waals surface area contributed by atoms with Crippen molar-refractivity contribution < 1.29 is 38.7 Å². The molecular formula is C22H27ClO7. The molecule has 1 saturated heterocycles. The minimum atomic E-state index is -2.82. The van der Waals surface area contributed by atoms with E-state index < -0.39 is 44.2 Å². The first-order chi connectivity index (χ1) is 15.5. The molecule has 30 heavy (non-hydrogen) atoms. The monoisotopic (exact) mass is 441 g/mol. The number of hydrogen-bond acceptors (Lipinski definition) is 7. The van der Waals surface area contributed by atoms with Crippen LogP contribution in [-0.4, -0.2) is 65.1 Å². The fourth-order valence-electron chi connectivity index (χ4n) is 3.51. The largest absolute Gasteiger partial charge is 0.496 e. The second-order valence-corrected chi connectivity index (χ2v) is 7.49. The lowest BCUT2D eigenvalue weighted by Gasteiger charge is -2.40. The van der Waals surface area contributed by atoms with Crippen LogP contribution < -0.4 is 9.47 Å². The molecule has 0 spiro atoms. The Morgan fingerprint density at radius 2 is 1.83 bits per heavy atom. The summed E-state index contributed by atoms with van der Waals surface area (Å²) in [6.45, 7) is 1.80. The summed E-state index contributed by atoms with van der Waals surface area (Å²) < 4.78 is 38.5. The standard InChI is InChI=1S/C22H27ClO7/c1-3-29-14-6-4-12(5-7-14)8-13-9-15(17(28-2)10-16(13)23)22-21(27)20(26)19(25)18(11-24)30-22/h4-7,9-10,18-22,24-27H,3,8,11H2,1-2H3/t18-,19-,20+,21-,22+/m1/s1/i2D3. The second kappa shape index (κ2) is 9.96. The fraction of sp³-hybridized carbons (Fsp3) is 0.455. The highest BCUT2D eigenvalue weighted by Crippen LogP contribution is 2.39. The summed E-state index contributed by atoms with van der Waals surface area (Å²) >= 11 is 6.42. The number of halogens is 1. The van der Waals surface area contributed by atoms with Gasteiger partial charge in [-0.15, -0.1) is 0 Å². The van der Waals surface area contributed by atoms with Crippen LogP contribution in [0, 0.1) is 0 Å². The Hall–Kier alpha value is -1.87. The smallest absolute Gasteiger partial charge is 0.126 e. The molecule has 2 aromatic carbocycles. The van der Waals surface area contributed by atoms with Gasteiger partial charge in [0, 0.05) is 10.6 Å². The average Bonchev–Trinajstić information content (AvgIpc) is 2.75. The fourth-order valence-corrected chi connectivity index (χ4v) is 3.73. The van der Waals surface area contributed by atoms with Gasteiger partial charge in [0.1, 0.15) is 42.0 Å². The molecular weight excluding hydrogens is 412 g/mol. The first-order valence-corrected chi connectivity index (χ1v) is 9.95. The third kappa shape index (κ3) is 4.72. The molecule has 3 rings (SSSR count). The minimum Gasteiger partial charge on any atom is -0.496 e. The van der Waals surface area contributed by atoms with Crippen LogP contribution in [0.25, 0.3) is 0 Å². The van der Waals surface area contributed by atoms with E-state index in [0.717, 1.165) is 11.3 Å². The van der Waals surface area contributed by atoms with Gasteiger partial charge in [-0.25, -0.2) is 0 Å². The van der Waals surface area contributed by atoms with E-state index in [4.69, 9.17) is 29.9 Å². The van der Waals surface area contributed by atoms with Crippen molar-refractivity contribution in [2.75, 3.05) is 20.3 Å². The Labute approximate surface area is 184 Å². The van der Waals surface area contributed by atoms with Gasteiger partial charge in [-0.05, 0) is 48.7 Å². The molecule has 0 unspecified atom stereocenters. The lowest BCUT2D eigenvalue weighted by Crippen LogP contribution is -2.55. The lowest BCUT2D eigenvalue weighted by molar-refractivity contribution is -0.232. The van der Waals surface area contributed by atoms with Crippen LogP contribution >= 0.6 is 11.6 Å². The maximum atomic E-state index is 10.6. The Balaban J connectivity index is 2.00. The number of aliphatic hydroxyl groups excluding tert-OH is 4. The Morgan fingerprint density at radius 1 is 1.10 bits per heavy atom. The van der Waals surface area contributed by atoms with E-state index in [1.807, 2.05) is 31.2 Å². The van der Waals surface area contributed by atoms with Crippen molar-refractivity contribution in [1.29, 1.82) is 0 Å². The van der Waals surface area contributed by atoms with Crippen molar-refractivity contribution in [2.24, 2.45) is 0 Å². The molecule has 7 nitrogen and oxygen atoms in total. The Morgan fingerprint density at radius 3 is 2.47 bits per heavy atom. The molecule has 1 aliphatic heterocycles. The molecule has 0 aliphatic carbocycles. The number of hydrogen-bond donors (Lipinski definition) is 4. The van der Waals surface area contributed by atoms with Gasteiger partial charge in [-0.3, -0.25) is 0 Å². The number of methoxy groups -OCH3 is 1. The maximum absolute atomic E-state index is 10.6. The third-order valence-corrected chi connectivity index (χ3v) is 5.47. The SMILES string of the molecule is [2H]C([2H])([2H])Oc1cc(Cl)c(Cc2ccc(OCC)cc2)cc1[C@@H]1O[C@H](CO)[C@@H](O)[C@H](O)[C@H]1O. The highest BCUT2D eigenvalue weighted by Gasteiger charge is 2.45. The van der Waals surface area contributed by atoms with Crippen molar-refractivity contribution in [1.82, 2.24) is 0 Å². The highest BCUT2D eigenvalue weighted by atomic mass is 35.5. The molecule has 5 atom stereocenters. The molecule has 2 aromatic rings. The predicted octanol–water partition coefficient (Wildman–Crippen LogP) is 1.85. The molecule has 1 fully saturated rings. The summed E-state index contributed by atoms with van der Waals surface area (Å²) in [5.41, 5.74) is 1.60. The molecule has 1 heterocycles. The summed E-state index contributed by atoms with van der Waals surface area (Å²) in [6.07, 6.45) is -6.88. The maximum Gasteiger partial charge on any atom is 0.126 e. The van der Waals surface area contributed by atoms with Crippen LogP contribution in [-0.2, 0) is 11.2 Å². The van der Waals surface area contributed by atoms with Gasteiger partial charge in [-0.2, -0.15) is 0 Å². The van der Waals surface area contributed by atoms with Gasteiger partial charge < -0.3 is 34.6 Å². The molecule has 4 N–H and O–H groups in total. The zero-order valence-corrected chi connectivity index (χ0v) is 17.1. The summed E-state index contributed by atoms with van der Waals surface area (Å²) in [7, 11) is -2.82. The van der Waals surface area contributed by atoms with Crippen LogP contribution in [0.2, 0.25) is 5.02 Å². The van der Waals surface area contributed by atoms with E-state index in [9.17, 15) is 20.4 Å². The van der Waals surface area contributed by atoms with E-state index in [1.165, 1.54) is 12.1 Å². The quantitative estimate of drug-likeness (QED) is 0.519. The van der Waals surface area contributed by atoms with Gasteiger partial charge >= 0.3 is 0 Å². The van der Waals surface area contributed by atoms with E-state index in [1.54, 1.807) is 0 Å². The lowest BCUT2D eigenvalue weighted by atomic mass is 9.89. The summed E-state index contributed by atoms with van der Waals surface area (Å²) in [5.74, 6) is 0.551. The van der Waals surface area contributed by atoms with E-state index in [0.29, 0.717) is 18.6 Å². The molecule has 0 radical (unpaired) electrons. The van der Waals surface area contributed by atoms with Crippen LogP contribution in [0.1, 0.15) is 33.8 Å². The number of aliphatic hydroxyl groups is 4. The summed E-state index contributed by atoms with van der Waals surface area (Å²) in [5, 5.41) is 40.6. The summed E-state index contributed by atoms with van der Waals surface area (Å²) in [6, 6.07) is 10.2. The summed E-state index contributed by atoms with van der Waals surface area (Å²) in [4.78, 5) is 0. The number of benzene rings is 2. The van der Waals surface area contributed by atoms with Crippen molar-refractivity contribution >= 4 is 11.6 Å². The average molecular weight is 442 g/mol. The van der Waals surface area contributed by atoms with Crippen LogP contribution in [0.4, 0.5) is 0 Å². The molecule has 0 aromatic heterocycles. The predicted molar refractivity (Wildman–Crippen MR) is 111 cm³/mol. The molecule has 0 bridgehead atoms. The van der Waals surface area contributed by atoms with Gasteiger partial charge in [0.2, 0.25) is 0 Å². The third-order valence-electron chi connectivity index (χ3n) is 5.12. The molecule has 164 valence electrons. The molecule has 8 heteroatoms. The van der Waals surface area contributed by atoms with Gasteiger partial charge in [-0.1, -0.05) is 23.7 Å². The zero-order valence-electron chi connectivity index (χ0n) is 19.4. The first kappa shape index (κ1) is 18.9. The Kier molecular flexibility index (Phi) is 6.26. The van der Waals surface area contributed by atoms with Crippen molar-refractivity contribution in [3.05, 3.63) is 58.1 Å². The van der Waals surface area contributed by atoms with Crippen LogP contribution in [0.3, 0.4) is 0 Å². The van der Waals surface area contributed by atoms with Gasteiger partial charge in [0.05, 0.1) is 24.4 Å². The molecule has 1 aliphatic rings. The van der Waals surface area contributed by atoms with Crippen LogP contribution in [0.5, 0.6) is 11.5 Å². The number of rotatable bonds is 7. The van der Waals surface area contributed by atoms with E-state index >= 15 is 0 Å². The van der Waals surface area contributed by atoms with Gasteiger partial charge in [0.25, 0.3) is 0 Å². The number of ether oxygens (including phenoxy) is 3. The van der Waals surface area contributed by atoms with Crippen molar-refractivity contribution in [3.63, 3.8) is 0 Å². The van der Waals surface area contributed by atoms with E-state index in [-0.39, 0.29) is 16.3 Å². The molecule has 0 saturated carbocycles. The topological polar surface area (TPSA) is 109 Å².